The van der Waals surface area contributed by atoms with Crippen LogP contribution in [0.15, 0.2) is 18.2 Å². The Morgan fingerprint density at radius 2 is 2.18 bits per heavy atom. The number of aryl methyl sites for hydroxylation is 1. The number of hydrogen-bond acceptors (Lipinski definition) is 3. The summed E-state index contributed by atoms with van der Waals surface area (Å²) in [5, 5.41) is 2.16. The Hall–Kier alpha value is -1.26. The number of hydrazine groups is 1. The summed E-state index contributed by atoms with van der Waals surface area (Å²) in [7, 11) is 3.52. The van der Waals surface area contributed by atoms with Crippen molar-refractivity contribution in [3.63, 3.8) is 0 Å². The van der Waals surface area contributed by atoms with E-state index in [9.17, 15) is 4.79 Å². The third-order valence-electron chi connectivity index (χ3n) is 2.02. The van der Waals surface area contributed by atoms with Gasteiger partial charge in [0.25, 0.3) is 0 Å². The average Bonchev–Trinajstić information content (AvgIpc) is 2.22. The predicted molar refractivity (Wildman–Crippen MR) is 68.1 cm³/mol. The number of nitrogens with one attached hydrogen (secondary N) is 1. The molecule has 1 amide bonds. The van der Waals surface area contributed by atoms with Crippen LogP contribution in [0, 0.1) is 6.92 Å². The number of amides is 1. The van der Waals surface area contributed by atoms with Gasteiger partial charge in [-0.25, -0.2) is 5.01 Å². The molecule has 1 aromatic rings. The van der Waals surface area contributed by atoms with Gasteiger partial charge in [0.15, 0.2) is 0 Å². The zero-order chi connectivity index (χ0) is 12.8. The minimum absolute atomic E-state index is 0.0845. The van der Waals surface area contributed by atoms with E-state index in [0.717, 1.165) is 5.56 Å². The fourth-order valence-corrected chi connectivity index (χ4v) is 1.45. The molecule has 0 aliphatic carbocycles. The van der Waals surface area contributed by atoms with Crippen LogP contribution in [-0.4, -0.2) is 31.6 Å². The lowest BCUT2D eigenvalue weighted by atomic mass is 10.2. The van der Waals surface area contributed by atoms with E-state index < -0.39 is 0 Å². The molecule has 0 saturated heterocycles. The molecule has 0 aliphatic heterocycles. The van der Waals surface area contributed by atoms with E-state index in [-0.39, 0.29) is 5.91 Å². The first-order valence-electron chi connectivity index (χ1n) is 5.35. The molecule has 0 unspecified atom stereocenters. The normalized spacial score (nSPS) is 10.4. The van der Waals surface area contributed by atoms with E-state index in [4.69, 9.17) is 16.3 Å². The van der Waals surface area contributed by atoms with Gasteiger partial charge >= 0.3 is 0 Å². The molecule has 94 valence electrons. The van der Waals surface area contributed by atoms with Crippen molar-refractivity contribution < 1.29 is 9.53 Å². The molecule has 5 heteroatoms. The van der Waals surface area contributed by atoms with Gasteiger partial charge in [-0.05, 0) is 24.6 Å². The Kier molecular flexibility index (Phi) is 5.25. The summed E-state index contributed by atoms with van der Waals surface area (Å²) < 4.78 is 5.46. The van der Waals surface area contributed by atoms with Gasteiger partial charge in [-0.3, -0.25) is 10.2 Å². The molecule has 1 rings (SSSR count). The lowest BCUT2D eigenvalue weighted by molar-refractivity contribution is -0.125. The maximum absolute atomic E-state index is 11.3. The van der Waals surface area contributed by atoms with Crippen molar-refractivity contribution in [2.24, 2.45) is 0 Å². The highest BCUT2D eigenvalue weighted by Gasteiger charge is 2.05. The van der Waals surface area contributed by atoms with Crippen LogP contribution < -0.4 is 10.2 Å². The van der Waals surface area contributed by atoms with E-state index in [1.54, 1.807) is 25.2 Å². The van der Waals surface area contributed by atoms with Crippen LogP contribution in [0.5, 0.6) is 5.75 Å². The van der Waals surface area contributed by atoms with Crippen LogP contribution in [0.3, 0.4) is 0 Å². The van der Waals surface area contributed by atoms with Gasteiger partial charge in [0.2, 0.25) is 5.91 Å². The largest absolute Gasteiger partial charge is 0.491 e. The monoisotopic (exact) mass is 256 g/mol. The van der Waals surface area contributed by atoms with Gasteiger partial charge in [0.1, 0.15) is 5.75 Å². The smallest absolute Gasteiger partial charge is 0.237 e. The summed E-state index contributed by atoms with van der Waals surface area (Å²) in [5.74, 6) is 0.531. The minimum Gasteiger partial charge on any atom is -0.491 e. The van der Waals surface area contributed by atoms with Gasteiger partial charge < -0.3 is 4.74 Å². The summed E-state index contributed by atoms with van der Waals surface area (Å²) >= 11 is 5.96. The molecule has 0 atom stereocenters. The number of hydrogen-bond donors (Lipinski definition) is 1. The van der Waals surface area contributed by atoms with Gasteiger partial charge in [0, 0.05) is 14.1 Å². The van der Waals surface area contributed by atoms with Crippen molar-refractivity contribution in [3.8, 4) is 5.75 Å². The number of ether oxygens (including phenoxy) is 1. The molecule has 0 spiro atoms. The Morgan fingerprint density at radius 3 is 2.82 bits per heavy atom. The van der Waals surface area contributed by atoms with Crippen LogP contribution in [-0.2, 0) is 4.79 Å². The summed E-state index contributed by atoms with van der Waals surface area (Å²) in [5.41, 5.74) is 3.71. The molecule has 17 heavy (non-hydrogen) atoms. The van der Waals surface area contributed by atoms with Crippen molar-refractivity contribution in [1.29, 1.82) is 0 Å². The van der Waals surface area contributed by atoms with Crippen LogP contribution in [0.25, 0.3) is 0 Å². The lowest BCUT2D eigenvalue weighted by Gasteiger charge is -2.12. The first-order valence-corrected chi connectivity index (χ1v) is 5.72. The molecular formula is C12H17ClN2O2. The summed E-state index contributed by atoms with van der Waals surface area (Å²) in [6.45, 7) is 2.27. The Labute approximate surface area is 106 Å². The molecule has 0 aromatic heterocycles. The molecule has 4 nitrogen and oxygen atoms in total. The minimum atomic E-state index is -0.0845. The third kappa shape index (κ3) is 5.06. The van der Waals surface area contributed by atoms with E-state index in [0.29, 0.717) is 23.8 Å². The van der Waals surface area contributed by atoms with Crippen molar-refractivity contribution in [2.45, 2.75) is 13.3 Å². The van der Waals surface area contributed by atoms with Gasteiger partial charge in [-0.15, -0.1) is 0 Å². The fourth-order valence-electron chi connectivity index (χ4n) is 1.28. The van der Waals surface area contributed by atoms with Gasteiger partial charge in [-0.1, -0.05) is 17.7 Å². The van der Waals surface area contributed by atoms with Crippen molar-refractivity contribution in [1.82, 2.24) is 10.4 Å². The first kappa shape index (κ1) is 13.8. The summed E-state index contributed by atoms with van der Waals surface area (Å²) in [6.07, 6.45) is 0.294. The second-order valence-corrected chi connectivity index (χ2v) is 4.37. The topological polar surface area (TPSA) is 41.6 Å². The Balaban J connectivity index is 2.40. The van der Waals surface area contributed by atoms with Crippen LogP contribution in [0.4, 0.5) is 0 Å². The number of benzene rings is 1. The van der Waals surface area contributed by atoms with Crippen LogP contribution in [0.2, 0.25) is 5.02 Å². The molecule has 0 bridgehead atoms. The molecule has 0 saturated carbocycles. The predicted octanol–water partition coefficient (Wildman–Crippen LogP) is 2.01. The zero-order valence-corrected chi connectivity index (χ0v) is 11.0. The zero-order valence-electron chi connectivity index (χ0n) is 10.3. The van der Waals surface area contributed by atoms with E-state index in [1.165, 1.54) is 0 Å². The standard InChI is InChI=1S/C12H17ClN2O2/c1-9-4-5-10(13)11(8-9)17-7-6-12(16)14-15(2)3/h4-5,8H,6-7H2,1-3H3,(H,14,16). The summed E-state index contributed by atoms with van der Waals surface area (Å²) in [4.78, 5) is 11.3. The number of carbonyl (C=O) groups is 1. The lowest BCUT2D eigenvalue weighted by Crippen LogP contribution is -2.36. The maximum Gasteiger partial charge on any atom is 0.237 e. The molecule has 1 N–H and O–H groups in total. The SMILES string of the molecule is Cc1ccc(Cl)c(OCCC(=O)NN(C)C)c1. The van der Waals surface area contributed by atoms with E-state index >= 15 is 0 Å². The van der Waals surface area contributed by atoms with E-state index in [2.05, 4.69) is 5.43 Å². The van der Waals surface area contributed by atoms with Gasteiger partial charge in [-0.2, -0.15) is 0 Å². The highest BCUT2D eigenvalue weighted by Crippen LogP contribution is 2.25. The molecule has 1 aromatic carbocycles. The molecule has 0 radical (unpaired) electrons. The average molecular weight is 257 g/mol. The highest BCUT2D eigenvalue weighted by molar-refractivity contribution is 6.32. The van der Waals surface area contributed by atoms with Crippen LogP contribution in [0.1, 0.15) is 12.0 Å². The molecule has 0 heterocycles. The number of carbonyl (C=O) groups excluding carboxylic acids is 1. The fraction of sp³-hybridized carbons (Fsp3) is 0.417. The van der Waals surface area contributed by atoms with Crippen molar-refractivity contribution >= 4 is 17.5 Å². The van der Waals surface area contributed by atoms with Gasteiger partial charge in [0.05, 0.1) is 18.1 Å². The van der Waals surface area contributed by atoms with Crippen molar-refractivity contribution in [2.75, 3.05) is 20.7 Å². The highest BCUT2D eigenvalue weighted by atomic mass is 35.5. The number of halogens is 1. The van der Waals surface area contributed by atoms with E-state index in [1.807, 2.05) is 19.1 Å². The van der Waals surface area contributed by atoms with Crippen molar-refractivity contribution in [3.05, 3.63) is 28.8 Å². The number of rotatable bonds is 5. The third-order valence-corrected chi connectivity index (χ3v) is 2.33. The molecule has 0 aliphatic rings. The van der Waals surface area contributed by atoms with Crippen LogP contribution >= 0.6 is 11.6 Å². The first-order chi connectivity index (χ1) is 7.99. The second-order valence-electron chi connectivity index (χ2n) is 3.96. The molecular weight excluding hydrogens is 240 g/mol. The Bertz CT molecular complexity index is 394. The second kappa shape index (κ2) is 6.47. The number of nitrogens with zero attached hydrogens (tertiary/aromatic N) is 1. The quantitative estimate of drug-likeness (QED) is 0.820. The Morgan fingerprint density at radius 1 is 1.47 bits per heavy atom. The summed E-state index contributed by atoms with van der Waals surface area (Å²) in [6, 6.07) is 5.55. The molecule has 0 fully saturated rings. The maximum atomic E-state index is 11.3.